The lowest BCUT2D eigenvalue weighted by molar-refractivity contribution is -0.150. The third-order valence-electron chi connectivity index (χ3n) is 2.87. The summed E-state index contributed by atoms with van der Waals surface area (Å²) in [5.41, 5.74) is 0.806. The molecule has 1 atom stereocenters. The summed E-state index contributed by atoms with van der Waals surface area (Å²) in [4.78, 5) is 22.3. The highest BCUT2D eigenvalue weighted by Crippen LogP contribution is 2.33. The fraction of sp³-hybridized carbons (Fsp3) is 0.385. The number of fused-ring (bicyclic) bond motifs is 1. The Balaban J connectivity index is 2.12. The number of carbonyl (C=O) groups excluding carboxylic acids is 1. The van der Waals surface area contributed by atoms with Crippen LogP contribution in [0.3, 0.4) is 0 Å². The number of ether oxygens (including phenoxy) is 3. The lowest BCUT2D eigenvalue weighted by atomic mass is 9.96. The number of hydrogen-bond acceptors (Lipinski definition) is 5. The van der Waals surface area contributed by atoms with Crippen molar-refractivity contribution in [2.45, 2.75) is 12.8 Å². The summed E-state index contributed by atoms with van der Waals surface area (Å²) in [5.74, 6) is -1.01. The molecule has 0 unspecified atom stereocenters. The first kappa shape index (κ1) is 13.2. The maximum absolute atomic E-state index is 11.5. The van der Waals surface area contributed by atoms with E-state index in [1.807, 2.05) is 0 Å². The Labute approximate surface area is 109 Å². The summed E-state index contributed by atoms with van der Waals surface area (Å²) in [5, 5.41) is 8.81. The number of carboxylic acid groups (broad SMARTS) is 1. The molecule has 1 aliphatic heterocycles. The molecule has 0 fully saturated rings. The van der Waals surface area contributed by atoms with Crippen LogP contribution in [0.1, 0.15) is 12.0 Å². The van der Waals surface area contributed by atoms with Crippen LogP contribution in [0.15, 0.2) is 18.2 Å². The molecule has 0 aromatic heterocycles. The Morgan fingerprint density at radius 3 is 2.79 bits per heavy atom. The van der Waals surface area contributed by atoms with Crippen LogP contribution in [0.25, 0.3) is 0 Å². The van der Waals surface area contributed by atoms with E-state index in [0.717, 1.165) is 5.56 Å². The normalized spacial score (nSPS) is 13.9. The third kappa shape index (κ3) is 3.15. The minimum absolute atomic E-state index is 0.175. The Hall–Kier alpha value is -2.24. The number of methoxy groups -OCH3 is 1. The van der Waals surface area contributed by atoms with E-state index in [9.17, 15) is 9.59 Å². The molecule has 0 spiro atoms. The highest BCUT2D eigenvalue weighted by Gasteiger charge is 2.24. The summed E-state index contributed by atoms with van der Waals surface area (Å²) in [6.07, 6.45) is 0.0245. The van der Waals surface area contributed by atoms with Crippen molar-refractivity contribution in [3.63, 3.8) is 0 Å². The van der Waals surface area contributed by atoms with E-state index >= 15 is 0 Å². The molecule has 1 aromatic rings. The van der Waals surface area contributed by atoms with Gasteiger partial charge in [-0.2, -0.15) is 0 Å². The van der Waals surface area contributed by atoms with Gasteiger partial charge in [0.15, 0.2) is 11.5 Å². The molecule has 0 saturated carbocycles. The Bertz CT molecular complexity index is 496. The number of carboxylic acids is 1. The zero-order chi connectivity index (χ0) is 13.8. The molecule has 6 nitrogen and oxygen atoms in total. The largest absolute Gasteiger partial charge is 0.481 e. The van der Waals surface area contributed by atoms with E-state index in [1.165, 1.54) is 7.11 Å². The molecule has 2 rings (SSSR count). The minimum atomic E-state index is -1.03. The van der Waals surface area contributed by atoms with E-state index in [1.54, 1.807) is 18.2 Å². The van der Waals surface area contributed by atoms with Gasteiger partial charge in [-0.15, -0.1) is 0 Å². The van der Waals surface area contributed by atoms with E-state index in [2.05, 4.69) is 4.74 Å². The quantitative estimate of drug-likeness (QED) is 0.807. The third-order valence-corrected chi connectivity index (χ3v) is 2.87. The van der Waals surface area contributed by atoms with Crippen LogP contribution in [0, 0.1) is 5.92 Å². The van der Waals surface area contributed by atoms with Gasteiger partial charge in [-0.25, -0.2) is 0 Å². The van der Waals surface area contributed by atoms with Crippen LogP contribution in [-0.4, -0.2) is 30.9 Å². The monoisotopic (exact) mass is 266 g/mol. The van der Waals surface area contributed by atoms with Gasteiger partial charge in [0, 0.05) is 0 Å². The molecule has 0 bridgehead atoms. The summed E-state index contributed by atoms with van der Waals surface area (Å²) >= 11 is 0. The fourth-order valence-electron chi connectivity index (χ4n) is 1.97. The summed E-state index contributed by atoms with van der Waals surface area (Å²) in [7, 11) is 1.25. The van der Waals surface area contributed by atoms with Gasteiger partial charge in [0.1, 0.15) is 0 Å². The molecular formula is C13H14O6. The van der Waals surface area contributed by atoms with Crippen LogP contribution in [-0.2, 0) is 20.7 Å². The number of benzene rings is 1. The summed E-state index contributed by atoms with van der Waals surface area (Å²) in [6.45, 7) is 0.175. The topological polar surface area (TPSA) is 82.1 Å². The van der Waals surface area contributed by atoms with E-state index < -0.39 is 17.9 Å². The molecule has 1 heterocycles. The second-order valence-electron chi connectivity index (χ2n) is 4.21. The second-order valence-corrected chi connectivity index (χ2v) is 4.21. The van der Waals surface area contributed by atoms with Crippen molar-refractivity contribution in [2.24, 2.45) is 5.92 Å². The summed E-state index contributed by atoms with van der Waals surface area (Å²) < 4.78 is 15.0. The van der Waals surface area contributed by atoms with Gasteiger partial charge in [-0.3, -0.25) is 9.59 Å². The Kier molecular flexibility index (Phi) is 3.89. The molecule has 0 aliphatic carbocycles. The van der Waals surface area contributed by atoms with Crippen molar-refractivity contribution in [1.29, 1.82) is 0 Å². The molecule has 0 amide bonds. The van der Waals surface area contributed by atoms with Gasteiger partial charge in [0.05, 0.1) is 19.4 Å². The highest BCUT2D eigenvalue weighted by molar-refractivity contribution is 5.79. The molecule has 0 saturated heterocycles. The van der Waals surface area contributed by atoms with Crippen LogP contribution in [0.5, 0.6) is 11.5 Å². The zero-order valence-electron chi connectivity index (χ0n) is 10.4. The Morgan fingerprint density at radius 1 is 1.37 bits per heavy atom. The SMILES string of the molecule is COC(=O)[C@@H](CC(=O)O)Cc1ccc2c(c1)OCO2. The predicted octanol–water partition coefficient (Wildman–Crippen LogP) is 1.22. The molecule has 1 aliphatic rings. The van der Waals surface area contributed by atoms with Crippen molar-refractivity contribution in [3.05, 3.63) is 23.8 Å². The predicted molar refractivity (Wildman–Crippen MR) is 64.0 cm³/mol. The number of rotatable bonds is 5. The molecule has 1 aromatic carbocycles. The van der Waals surface area contributed by atoms with Gasteiger partial charge in [-0.1, -0.05) is 6.07 Å². The molecule has 102 valence electrons. The standard InChI is InChI=1S/C13H14O6/c1-17-13(16)9(6-12(14)15)4-8-2-3-10-11(5-8)19-7-18-10/h2-3,5,9H,4,6-7H2,1H3,(H,14,15)/t9-/m1/s1. The van der Waals surface area contributed by atoms with E-state index in [0.29, 0.717) is 11.5 Å². The maximum atomic E-state index is 11.5. The van der Waals surface area contributed by atoms with Crippen LogP contribution < -0.4 is 9.47 Å². The van der Waals surface area contributed by atoms with Crippen molar-refractivity contribution in [2.75, 3.05) is 13.9 Å². The van der Waals surface area contributed by atoms with Gasteiger partial charge >= 0.3 is 11.9 Å². The van der Waals surface area contributed by atoms with Gasteiger partial charge < -0.3 is 19.3 Å². The first-order valence-electron chi connectivity index (χ1n) is 5.78. The van der Waals surface area contributed by atoms with Crippen molar-refractivity contribution in [3.8, 4) is 11.5 Å². The number of carbonyl (C=O) groups is 2. The van der Waals surface area contributed by atoms with Gasteiger partial charge in [-0.05, 0) is 24.1 Å². The first-order valence-corrected chi connectivity index (χ1v) is 5.78. The molecule has 19 heavy (non-hydrogen) atoms. The maximum Gasteiger partial charge on any atom is 0.309 e. The fourth-order valence-corrected chi connectivity index (χ4v) is 1.97. The molecule has 0 radical (unpaired) electrons. The average Bonchev–Trinajstić information content (AvgIpc) is 2.84. The molecule has 1 N–H and O–H groups in total. The lowest BCUT2D eigenvalue weighted by Gasteiger charge is -2.12. The second kappa shape index (κ2) is 5.60. The van der Waals surface area contributed by atoms with Crippen molar-refractivity contribution >= 4 is 11.9 Å². The Morgan fingerprint density at radius 2 is 2.11 bits per heavy atom. The van der Waals surface area contributed by atoms with Crippen molar-refractivity contribution < 1.29 is 28.9 Å². The number of hydrogen-bond donors (Lipinski definition) is 1. The smallest absolute Gasteiger partial charge is 0.309 e. The van der Waals surface area contributed by atoms with Crippen molar-refractivity contribution in [1.82, 2.24) is 0 Å². The van der Waals surface area contributed by atoms with Crippen LogP contribution in [0.2, 0.25) is 0 Å². The lowest BCUT2D eigenvalue weighted by Crippen LogP contribution is -2.22. The number of esters is 1. The van der Waals surface area contributed by atoms with Gasteiger partial charge in [0.25, 0.3) is 0 Å². The number of aliphatic carboxylic acids is 1. The highest BCUT2D eigenvalue weighted by atomic mass is 16.7. The van der Waals surface area contributed by atoms with E-state index in [-0.39, 0.29) is 19.6 Å². The van der Waals surface area contributed by atoms with Gasteiger partial charge in [0.2, 0.25) is 6.79 Å². The average molecular weight is 266 g/mol. The van der Waals surface area contributed by atoms with E-state index in [4.69, 9.17) is 14.6 Å². The zero-order valence-corrected chi connectivity index (χ0v) is 10.4. The molecule has 6 heteroatoms. The molecular weight excluding hydrogens is 252 g/mol. The van der Waals surface area contributed by atoms with Crippen LogP contribution >= 0.6 is 0 Å². The first-order chi connectivity index (χ1) is 9.10. The minimum Gasteiger partial charge on any atom is -0.481 e. The van der Waals surface area contributed by atoms with Crippen LogP contribution in [0.4, 0.5) is 0 Å². The summed E-state index contributed by atoms with van der Waals surface area (Å²) in [6, 6.07) is 5.28.